The Morgan fingerprint density at radius 1 is 0.308 bits per heavy atom. The summed E-state index contributed by atoms with van der Waals surface area (Å²) in [4.78, 5) is 2.52. The summed E-state index contributed by atoms with van der Waals surface area (Å²) in [5, 5.41) is 2.56. The Balaban J connectivity index is 1.16. The molecule has 0 saturated carbocycles. The molecule has 0 spiro atoms. The second-order valence-corrected chi connectivity index (χ2v) is 13.8. The Kier molecular flexibility index (Phi) is 7.32. The van der Waals surface area contributed by atoms with Gasteiger partial charge >= 0.3 is 0 Å². The molecule has 0 unspecified atom stereocenters. The molecule has 0 radical (unpaired) electrons. The van der Waals surface area contributed by atoms with Gasteiger partial charge in [0.15, 0.2) is 0 Å². The molecule has 8 aromatic carbocycles. The molecule has 0 atom stereocenters. The largest absolute Gasteiger partial charge is 0.363 e. The van der Waals surface area contributed by atoms with Gasteiger partial charge in [-0.2, -0.15) is 0 Å². The van der Waals surface area contributed by atoms with Crippen molar-refractivity contribution in [2.24, 2.45) is 0 Å². The summed E-state index contributed by atoms with van der Waals surface area (Å²) in [7, 11) is 0. The molecule has 1 aliphatic heterocycles. The van der Waals surface area contributed by atoms with E-state index in [1.165, 1.54) is 88.8 Å². The van der Waals surface area contributed by atoms with E-state index in [1.54, 1.807) is 0 Å². The van der Waals surface area contributed by atoms with Crippen molar-refractivity contribution in [2.45, 2.75) is 13.1 Å². The van der Waals surface area contributed by atoms with E-state index in [9.17, 15) is 0 Å². The Morgan fingerprint density at radius 3 is 1.44 bits per heavy atom. The fraction of sp³-hybridized carbons (Fsp3) is 0.0400. The molecule has 9 aromatic rings. The van der Waals surface area contributed by atoms with E-state index in [0.717, 1.165) is 13.1 Å². The van der Waals surface area contributed by atoms with Crippen LogP contribution in [-0.4, -0.2) is 4.57 Å². The molecule has 10 rings (SSSR count). The lowest BCUT2D eigenvalue weighted by molar-refractivity contribution is 0.812. The standard InChI is InChI=1S/C50H36N2/c1-4-14-35(15-5-1)39-29-40(36-16-6-2-7-17-36)31-41(30-39)37-25-27-45-42(28-37)34-51(43-18-8-3-9-19-43)33-38-24-26-44(32-48(38)45)52-49-22-12-10-20-46(49)47-21-11-13-23-50(47)52/h1-32H,33-34H2. The molecule has 1 aliphatic rings. The van der Waals surface area contributed by atoms with E-state index in [2.05, 4.69) is 204 Å². The lowest BCUT2D eigenvalue weighted by Gasteiger charge is -2.24. The van der Waals surface area contributed by atoms with Crippen LogP contribution in [0.2, 0.25) is 0 Å². The number of rotatable bonds is 5. The molecular formula is C50H36N2. The molecule has 2 heteroatoms. The molecule has 0 saturated heterocycles. The van der Waals surface area contributed by atoms with Gasteiger partial charge in [0.2, 0.25) is 0 Å². The monoisotopic (exact) mass is 664 g/mol. The van der Waals surface area contributed by atoms with Crippen molar-refractivity contribution in [1.29, 1.82) is 0 Å². The fourth-order valence-corrected chi connectivity index (χ4v) is 8.14. The highest BCUT2D eigenvalue weighted by atomic mass is 15.1. The molecule has 0 fully saturated rings. The van der Waals surface area contributed by atoms with Crippen LogP contribution in [0.1, 0.15) is 11.1 Å². The summed E-state index contributed by atoms with van der Waals surface area (Å²) in [6.07, 6.45) is 0. The number of hydrogen-bond donors (Lipinski definition) is 0. The number of anilines is 1. The zero-order valence-electron chi connectivity index (χ0n) is 28.8. The fourth-order valence-electron chi connectivity index (χ4n) is 8.14. The maximum atomic E-state index is 2.52. The van der Waals surface area contributed by atoms with Gasteiger partial charge in [0.05, 0.1) is 11.0 Å². The van der Waals surface area contributed by atoms with Gasteiger partial charge in [-0.25, -0.2) is 0 Å². The van der Waals surface area contributed by atoms with Crippen molar-refractivity contribution in [3.05, 3.63) is 205 Å². The maximum absolute atomic E-state index is 2.52. The van der Waals surface area contributed by atoms with Crippen molar-refractivity contribution in [2.75, 3.05) is 4.90 Å². The second kappa shape index (κ2) is 12.6. The number of benzene rings is 8. The van der Waals surface area contributed by atoms with Crippen LogP contribution in [-0.2, 0) is 13.1 Å². The molecule has 2 heterocycles. The van der Waals surface area contributed by atoms with Gasteiger partial charge in [0.1, 0.15) is 0 Å². The highest BCUT2D eigenvalue weighted by Crippen LogP contribution is 2.41. The molecule has 2 nitrogen and oxygen atoms in total. The van der Waals surface area contributed by atoms with Gasteiger partial charge < -0.3 is 9.47 Å². The van der Waals surface area contributed by atoms with Crippen molar-refractivity contribution in [3.63, 3.8) is 0 Å². The summed E-state index contributed by atoms with van der Waals surface area (Å²) in [5.74, 6) is 0. The van der Waals surface area contributed by atoms with Crippen LogP contribution in [0.5, 0.6) is 0 Å². The van der Waals surface area contributed by atoms with Crippen molar-refractivity contribution in [3.8, 4) is 50.2 Å². The molecule has 0 N–H and O–H groups in total. The van der Waals surface area contributed by atoms with Gasteiger partial charge in [0.25, 0.3) is 0 Å². The smallest absolute Gasteiger partial charge is 0.0541 e. The Bertz CT molecular complexity index is 2610. The molecule has 0 aliphatic carbocycles. The van der Waals surface area contributed by atoms with Gasteiger partial charge in [0, 0.05) is 35.2 Å². The molecule has 1 aromatic heterocycles. The second-order valence-electron chi connectivity index (χ2n) is 13.8. The normalized spacial score (nSPS) is 12.4. The highest BCUT2D eigenvalue weighted by molar-refractivity contribution is 6.09. The number of aromatic nitrogens is 1. The van der Waals surface area contributed by atoms with E-state index in [4.69, 9.17) is 0 Å². The lowest BCUT2D eigenvalue weighted by Crippen LogP contribution is -2.20. The van der Waals surface area contributed by atoms with E-state index in [-0.39, 0.29) is 0 Å². The van der Waals surface area contributed by atoms with Crippen LogP contribution in [0.3, 0.4) is 0 Å². The first-order valence-electron chi connectivity index (χ1n) is 18.1. The minimum atomic E-state index is 0.816. The quantitative estimate of drug-likeness (QED) is 0.178. The van der Waals surface area contributed by atoms with Crippen LogP contribution in [0.15, 0.2) is 194 Å². The summed E-state index contributed by atoms with van der Waals surface area (Å²) in [6, 6.07) is 71.1. The lowest BCUT2D eigenvalue weighted by atomic mass is 9.90. The van der Waals surface area contributed by atoms with Crippen LogP contribution in [0.25, 0.3) is 72.0 Å². The highest BCUT2D eigenvalue weighted by Gasteiger charge is 2.22. The zero-order valence-corrected chi connectivity index (χ0v) is 28.8. The summed E-state index contributed by atoms with van der Waals surface area (Å²) in [5.41, 5.74) is 17.4. The Morgan fingerprint density at radius 2 is 0.827 bits per heavy atom. The third-order valence-electron chi connectivity index (χ3n) is 10.7. The minimum absolute atomic E-state index is 0.816. The summed E-state index contributed by atoms with van der Waals surface area (Å²) < 4.78 is 2.43. The molecule has 0 amide bonds. The van der Waals surface area contributed by atoms with E-state index < -0.39 is 0 Å². The van der Waals surface area contributed by atoms with Gasteiger partial charge in [-0.15, -0.1) is 0 Å². The van der Waals surface area contributed by atoms with Crippen molar-refractivity contribution >= 4 is 27.5 Å². The minimum Gasteiger partial charge on any atom is -0.363 e. The first-order valence-corrected chi connectivity index (χ1v) is 18.1. The predicted octanol–water partition coefficient (Wildman–Crippen LogP) is 13.0. The SMILES string of the molecule is c1ccc(-c2cc(-c3ccccc3)cc(-c3ccc4c(c3)CN(c3ccccc3)Cc3ccc(-n5c6ccccc6c6ccccc65)cc3-4)c2)cc1. The third kappa shape index (κ3) is 5.28. The topological polar surface area (TPSA) is 8.17 Å². The first-order chi connectivity index (χ1) is 25.8. The van der Waals surface area contributed by atoms with Crippen LogP contribution >= 0.6 is 0 Å². The average Bonchev–Trinajstić information content (AvgIpc) is 3.46. The van der Waals surface area contributed by atoms with Crippen LogP contribution < -0.4 is 4.90 Å². The zero-order chi connectivity index (χ0) is 34.4. The molecule has 246 valence electrons. The van der Waals surface area contributed by atoms with Gasteiger partial charge in [-0.05, 0) is 116 Å². The predicted molar refractivity (Wildman–Crippen MR) is 219 cm³/mol. The summed E-state index contributed by atoms with van der Waals surface area (Å²) >= 11 is 0. The number of hydrogen-bond acceptors (Lipinski definition) is 1. The van der Waals surface area contributed by atoms with E-state index in [0.29, 0.717) is 0 Å². The van der Waals surface area contributed by atoms with Gasteiger partial charge in [-0.1, -0.05) is 133 Å². The summed E-state index contributed by atoms with van der Waals surface area (Å²) in [6.45, 7) is 1.65. The first kappa shape index (κ1) is 30.2. The average molecular weight is 665 g/mol. The van der Waals surface area contributed by atoms with Crippen molar-refractivity contribution < 1.29 is 0 Å². The number of para-hydroxylation sites is 3. The van der Waals surface area contributed by atoms with E-state index >= 15 is 0 Å². The molecular weight excluding hydrogens is 629 g/mol. The van der Waals surface area contributed by atoms with Crippen molar-refractivity contribution in [1.82, 2.24) is 4.57 Å². The molecule has 52 heavy (non-hydrogen) atoms. The van der Waals surface area contributed by atoms with E-state index in [1.807, 2.05) is 0 Å². The van der Waals surface area contributed by atoms with Gasteiger partial charge in [-0.3, -0.25) is 0 Å². The Hall–Kier alpha value is -6.64. The molecule has 0 bridgehead atoms. The maximum Gasteiger partial charge on any atom is 0.0541 e. The Labute approximate surface area is 304 Å². The number of nitrogens with zero attached hydrogens (tertiary/aromatic N) is 2. The van der Waals surface area contributed by atoms with Crippen LogP contribution in [0, 0.1) is 0 Å². The third-order valence-corrected chi connectivity index (χ3v) is 10.7. The van der Waals surface area contributed by atoms with Crippen LogP contribution in [0.4, 0.5) is 5.69 Å². The number of fused-ring (bicyclic) bond motifs is 6.